The smallest absolute Gasteiger partial charge is 0.231 e. The molecular weight excluding hydrogens is 290 g/mol. The molecule has 3 rings (SSSR count). The summed E-state index contributed by atoms with van der Waals surface area (Å²) in [6.45, 7) is 0.998. The number of amides is 1. The third kappa shape index (κ3) is 4.49. The van der Waals surface area contributed by atoms with Crippen molar-refractivity contribution < 1.29 is 14.3 Å². The number of rotatable bonds is 7. The third-order valence-corrected chi connectivity index (χ3v) is 3.88. The second-order valence-electron chi connectivity index (χ2n) is 5.63. The summed E-state index contributed by atoms with van der Waals surface area (Å²) in [5.74, 6) is 1.73. The molecule has 0 radical (unpaired) electrons. The van der Waals surface area contributed by atoms with E-state index >= 15 is 0 Å². The van der Waals surface area contributed by atoms with Crippen molar-refractivity contribution >= 4 is 5.91 Å². The third-order valence-electron chi connectivity index (χ3n) is 3.88. The van der Waals surface area contributed by atoms with Gasteiger partial charge >= 0.3 is 0 Å². The van der Waals surface area contributed by atoms with Crippen molar-refractivity contribution in [2.24, 2.45) is 0 Å². The molecule has 0 atom stereocenters. The molecule has 1 aliphatic rings. The monoisotopic (exact) mass is 311 g/mol. The summed E-state index contributed by atoms with van der Waals surface area (Å²) in [6.07, 6.45) is 3.15. The van der Waals surface area contributed by atoms with Gasteiger partial charge in [-0.1, -0.05) is 36.4 Å². The minimum atomic E-state index is 0.111. The van der Waals surface area contributed by atoms with E-state index in [2.05, 4.69) is 5.32 Å². The topological polar surface area (TPSA) is 47.6 Å². The van der Waals surface area contributed by atoms with Gasteiger partial charge in [0, 0.05) is 13.0 Å². The minimum absolute atomic E-state index is 0.111. The first-order chi connectivity index (χ1) is 11.3. The van der Waals surface area contributed by atoms with Gasteiger partial charge in [0.05, 0.1) is 0 Å². The van der Waals surface area contributed by atoms with Crippen LogP contribution in [0.5, 0.6) is 11.5 Å². The first-order valence-corrected chi connectivity index (χ1v) is 8.00. The van der Waals surface area contributed by atoms with E-state index in [0.29, 0.717) is 19.8 Å². The SMILES string of the molecule is O=C(CCc1ccccc1)NCCCc1ccc2c(c1)OCO2. The van der Waals surface area contributed by atoms with Gasteiger partial charge < -0.3 is 14.8 Å². The lowest BCUT2D eigenvalue weighted by atomic mass is 10.1. The van der Waals surface area contributed by atoms with Crippen LogP contribution < -0.4 is 14.8 Å². The highest BCUT2D eigenvalue weighted by atomic mass is 16.7. The van der Waals surface area contributed by atoms with Crippen molar-refractivity contribution in [2.75, 3.05) is 13.3 Å². The largest absolute Gasteiger partial charge is 0.454 e. The maximum absolute atomic E-state index is 11.8. The van der Waals surface area contributed by atoms with E-state index in [1.54, 1.807) is 0 Å². The zero-order chi connectivity index (χ0) is 15.9. The van der Waals surface area contributed by atoms with Crippen molar-refractivity contribution in [3.63, 3.8) is 0 Å². The Hall–Kier alpha value is -2.49. The van der Waals surface area contributed by atoms with Gasteiger partial charge in [-0.15, -0.1) is 0 Å². The molecule has 4 nitrogen and oxygen atoms in total. The van der Waals surface area contributed by atoms with Crippen LogP contribution in [0.3, 0.4) is 0 Å². The van der Waals surface area contributed by atoms with E-state index in [4.69, 9.17) is 9.47 Å². The van der Waals surface area contributed by atoms with Gasteiger partial charge in [0.1, 0.15) is 0 Å². The van der Waals surface area contributed by atoms with Gasteiger partial charge in [0.15, 0.2) is 11.5 Å². The molecule has 4 heteroatoms. The van der Waals surface area contributed by atoms with Crippen LogP contribution >= 0.6 is 0 Å². The Bertz CT molecular complexity index is 655. The van der Waals surface area contributed by atoms with Crippen molar-refractivity contribution in [1.82, 2.24) is 5.32 Å². The predicted octanol–water partition coefficient (Wildman–Crippen LogP) is 3.10. The normalized spacial score (nSPS) is 12.2. The average molecular weight is 311 g/mol. The molecule has 0 aliphatic carbocycles. The molecule has 2 aromatic rings. The Balaban J connectivity index is 1.34. The minimum Gasteiger partial charge on any atom is -0.454 e. The van der Waals surface area contributed by atoms with Crippen molar-refractivity contribution in [3.8, 4) is 11.5 Å². The van der Waals surface area contributed by atoms with E-state index in [0.717, 1.165) is 30.8 Å². The van der Waals surface area contributed by atoms with Gasteiger partial charge in [-0.3, -0.25) is 4.79 Å². The molecule has 0 saturated carbocycles. The number of benzene rings is 2. The fourth-order valence-corrected chi connectivity index (χ4v) is 2.61. The van der Waals surface area contributed by atoms with Gasteiger partial charge in [-0.25, -0.2) is 0 Å². The summed E-state index contributed by atoms with van der Waals surface area (Å²) < 4.78 is 10.7. The summed E-state index contributed by atoms with van der Waals surface area (Å²) in [5.41, 5.74) is 2.40. The van der Waals surface area contributed by atoms with E-state index in [9.17, 15) is 4.79 Å². The van der Waals surface area contributed by atoms with Crippen LogP contribution in [0, 0.1) is 0 Å². The van der Waals surface area contributed by atoms with Crippen LogP contribution in [-0.4, -0.2) is 19.2 Å². The van der Waals surface area contributed by atoms with Crippen molar-refractivity contribution in [3.05, 3.63) is 59.7 Å². The van der Waals surface area contributed by atoms with Crippen molar-refractivity contribution in [2.45, 2.75) is 25.7 Å². The highest BCUT2D eigenvalue weighted by Crippen LogP contribution is 2.32. The van der Waals surface area contributed by atoms with Crippen molar-refractivity contribution in [1.29, 1.82) is 0 Å². The second kappa shape index (κ2) is 7.68. The standard InChI is InChI=1S/C19H21NO3/c21-19(11-9-15-5-2-1-3-6-15)20-12-4-7-16-8-10-17-18(13-16)23-14-22-17/h1-3,5-6,8,10,13H,4,7,9,11-12,14H2,(H,20,21). The zero-order valence-corrected chi connectivity index (χ0v) is 13.1. The number of fused-ring (bicyclic) bond motifs is 1. The summed E-state index contributed by atoms with van der Waals surface area (Å²) >= 11 is 0. The maximum atomic E-state index is 11.8. The lowest BCUT2D eigenvalue weighted by molar-refractivity contribution is -0.121. The first kappa shape index (κ1) is 15.4. The number of carbonyl (C=O) groups excluding carboxylic acids is 1. The Morgan fingerprint density at radius 3 is 2.65 bits per heavy atom. The lowest BCUT2D eigenvalue weighted by Crippen LogP contribution is -2.24. The number of aryl methyl sites for hydroxylation is 2. The van der Waals surface area contributed by atoms with Crippen LogP contribution in [0.2, 0.25) is 0 Å². The Kier molecular flexibility index (Phi) is 5.14. The molecule has 0 fully saturated rings. The molecule has 1 amide bonds. The molecule has 0 aromatic heterocycles. The number of hydrogen-bond donors (Lipinski definition) is 1. The van der Waals surface area contributed by atoms with Crippen LogP contribution in [0.15, 0.2) is 48.5 Å². The van der Waals surface area contributed by atoms with Crippen LogP contribution in [0.1, 0.15) is 24.0 Å². The van der Waals surface area contributed by atoms with Gasteiger partial charge in [-0.2, -0.15) is 0 Å². The summed E-state index contributed by atoms with van der Waals surface area (Å²) in [5, 5.41) is 2.98. The molecule has 0 bridgehead atoms. The second-order valence-corrected chi connectivity index (χ2v) is 5.63. The van der Waals surface area contributed by atoms with Gasteiger partial charge in [-0.05, 0) is 42.5 Å². The molecule has 0 unspecified atom stereocenters. The number of hydrogen-bond acceptors (Lipinski definition) is 3. The molecule has 2 aromatic carbocycles. The molecule has 1 aliphatic heterocycles. The van der Waals surface area contributed by atoms with Gasteiger partial charge in [0.2, 0.25) is 12.7 Å². The fourth-order valence-electron chi connectivity index (χ4n) is 2.61. The molecular formula is C19H21NO3. The lowest BCUT2D eigenvalue weighted by Gasteiger charge is -2.06. The van der Waals surface area contributed by atoms with E-state index in [-0.39, 0.29) is 5.91 Å². The Morgan fingerprint density at radius 2 is 1.78 bits per heavy atom. The molecule has 1 heterocycles. The summed E-state index contributed by atoms with van der Waals surface area (Å²) in [4.78, 5) is 11.8. The molecule has 23 heavy (non-hydrogen) atoms. The van der Waals surface area contributed by atoms with Crippen LogP contribution in [0.25, 0.3) is 0 Å². The van der Waals surface area contributed by atoms with E-state index in [1.807, 2.05) is 48.5 Å². The number of carbonyl (C=O) groups is 1. The Morgan fingerprint density at radius 1 is 0.957 bits per heavy atom. The molecule has 120 valence electrons. The van der Waals surface area contributed by atoms with Crippen LogP contribution in [-0.2, 0) is 17.6 Å². The highest BCUT2D eigenvalue weighted by molar-refractivity contribution is 5.76. The highest BCUT2D eigenvalue weighted by Gasteiger charge is 2.12. The number of ether oxygens (including phenoxy) is 2. The summed E-state index contributed by atoms with van der Waals surface area (Å²) in [7, 11) is 0. The molecule has 0 saturated heterocycles. The predicted molar refractivity (Wildman–Crippen MR) is 88.7 cm³/mol. The quantitative estimate of drug-likeness (QED) is 0.799. The van der Waals surface area contributed by atoms with Crippen LogP contribution in [0.4, 0.5) is 0 Å². The molecule has 1 N–H and O–H groups in total. The Labute approximate surface area is 136 Å². The first-order valence-electron chi connectivity index (χ1n) is 8.00. The summed E-state index contributed by atoms with van der Waals surface area (Å²) in [6, 6.07) is 16.1. The number of nitrogens with one attached hydrogen (secondary N) is 1. The van der Waals surface area contributed by atoms with E-state index in [1.165, 1.54) is 11.1 Å². The average Bonchev–Trinajstić information content (AvgIpc) is 3.05. The van der Waals surface area contributed by atoms with Gasteiger partial charge in [0.25, 0.3) is 0 Å². The van der Waals surface area contributed by atoms with E-state index < -0.39 is 0 Å². The zero-order valence-electron chi connectivity index (χ0n) is 13.1. The fraction of sp³-hybridized carbons (Fsp3) is 0.316. The maximum Gasteiger partial charge on any atom is 0.231 e. The molecule has 0 spiro atoms.